The van der Waals surface area contributed by atoms with Crippen molar-refractivity contribution < 1.29 is 4.74 Å². The number of H-pyrrole nitrogens is 1. The van der Waals surface area contributed by atoms with Crippen LogP contribution in [0.1, 0.15) is 29.1 Å². The second-order valence-corrected chi connectivity index (χ2v) is 10.4. The molecule has 0 spiro atoms. The van der Waals surface area contributed by atoms with Gasteiger partial charge in [0.05, 0.1) is 23.8 Å². The molecule has 0 aliphatic carbocycles. The van der Waals surface area contributed by atoms with Gasteiger partial charge in [-0.25, -0.2) is 4.98 Å². The number of benzene rings is 1. The van der Waals surface area contributed by atoms with Crippen LogP contribution in [0.2, 0.25) is 5.02 Å². The van der Waals surface area contributed by atoms with Crippen LogP contribution < -0.4 is 5.56 Å². The maximum Gasteiger partial charge on any atom is 0.259 e. The average molecular weight is 488 g/mol. The Bertz CT molecular complexity index is 1320. The highest BCUT2D eigenvalue weighted by molar-refractivity contribution is 7.98. The molecule has 32 heavy (non-hydrogen) atoms. The normalized spacial score (nSPS) is 16.3. The largest absolute Gasteiger partial charge is 0.376 e. The summed E-state index contributed by atoms with van der Waals surface area (Å²) in [5, 5.41) is 11.0. The first kappa shape index (κ1) is 21.6. The number of fused-ring (bicyclic) bond motifs is 1. The van der Waals surface area contributed by atoms with Gasteiger partial charge in [-0.1, -0.05) is 23.4 Å². The molecule has 0 amide bonds. The van der Waals surface area contributed by atoms with E-state index in [0.29, 0.717) is 28.5 Å². The highest BCUT2D eigenvalue weighted by Gasteiger charge is 2.22. The molecule has 1 unspecified atom stereocenters. The molecule has 4 aromatic rings. The molecule has 0 bridgehead atoms. The lowest BCUT2D eigenvalue weighted by Gasteiger charge is -2.14. The van der Waals surface area contributed by atoms with Crippen LogP contribution in [0.15, 0.2) is 34.2 Å². The summed E-state index contributed by atoms with van der Waals surface area (Å²) in [5.74, 6) is 1.90. The third kappa shape index (κ3) is 4.22. The van der Waals surface area contributed by atoms with Gasteiger partial charge in [-0.3, -0.25) is 9.36 Å². The summed E-state index contributed by atoms with van der Waals surface area (Å²) in [4.78, 5) is 22.1. The van der Waals surface area contributed by atoms with Gasteiger partial charge in [-0.15, -0.1) is 21.5 Å². The van der Waals surface area contributed by atoms with Crippen LogP contribution in [0.4, 0.5) is 0 Å². The van der Waals surface area contributed by atoms with Crippen molar-refractivity contribution in [1.29, 1.82) is 0 Å². The van der Waals surface area contributed by atoms with Crippen molar-refractivity contribution in [3.8, 4) is 11.4 Å². The van der Waals surface area contributed by atoms with Gasteiger partial charge in [0, 0.05) is 22.1 Å². The van der Waals surface area contributed by atoms with Gasteiger partial charge in [0.2, 0.25) is 0 Å². The molecule has 1 N–H and O–H groups in total. The molecular weight excluding hydrogens is 466 g/mol. The van der Waals surface area contributed by atoms with Crippen molar-refractivity contribution >= 4 is 44.9 Å². The Morgan fingerprint density at radius 2 is 2.09 bits per heavy atom. The summed E-state index contributed by atoms with van der Waals surface area (Å²) in [5.41, 5.74) is 1.86. The molecule has 0 radical (unpaired) electrons. The van der Waals surface area contributed by atoms with Crippen molar-refractivity contribution in [1.82, 2.24) is 24.7 Å². The van der Waals surface area contributed by atoms with Crippen molar-refractivity contribution in [3.05, 3.63) is 55.9 Å². The van der Waals surface area contributed by atoms with Crippen LogP contribution in [-0.2, 0) is 17.0 Å². The molecule has 7 nitrogen and oxygen atoms in total. The molecule has 5 rings (SSSR count). The van der Waals surface area contributed by atoms with E-state index in [1.807, 2.05) is 38.1 Å². The standard InChI is InChI=1S/C22H22ClN5O2S2/c1-12-13(2)32-21-18(12)20(29)24-17(25-21)11-31-22-27-26-19(14-5-7-15(23)8-6-14)28(22)10-16-4-3-9-30-16/h5-8,16H,3-4,9-11H2,1-2H3,(H,24,25,29). The molecular formula is C22H22ClN5O2S2. The molecule has 1 aliphatic rings. The lowest BCUT2D eigenvalue weighted by molar-refractivity contribution is 0.0953. The summed E-state index contributed by atoms with van der Waals surface area (Å²) in [7, 11) is 0. The molecule has 1 atom stereocenters. The second kappa shape index (κ2) is 8.97. The Balaban J connectivity index is 1.44. The number of halogens is 1. The van der Waals surface area contributed by atoms with E-state index in [9.17, 15) is 4.79 Å². The van der Waals surface area contributed by atoms with Crippen LogP contribution in [0.3, 0.4) is 0 Å². The number of aromatic amines is 1. The summed E-state index contributed by atoms with van der Waals surface area (Å²) in [6.45, 7) is 5.45. The van der Waals surface area contributed by atoms with Gasteiger partial charge >= 0.3 is 0 Å². The van der Waals surface area contributed by atoms with Crippen molar-refractivity contribution in [3.63, 3.8) is 0 Å². The fourth-order valence-corrected chi connectivity index (χ4v) is 5.86. The number of thiophene rings is 1. The SMILES string of the molecule is Cc1sc2nc(CSc3nnc(-c4ccc(Cl)cc4)n3CC3CCCO3)[nH]c(=O)c2c1C. The highest BCUT2D eigenvalue weighted by atomic mass is 35.5. The van der Waals surface area contributed by atoms with E-state index >= 15 is 0 Å². The molecule has 1 fully saturated rings. The van der Waals surface area contributed by atoms with Crippen molar-refractivity contribution in [2.24, 2.45) is 0 Å². The smallest absolute Gasteiger partial charge is 0.259 e. The van der Waals surface area contributed by atoms with E-state index in [1.165, 1.54) is 11.8 Å². The molecule has 1 saturated heterocycles. The van der Waals surface area contributed by atoms with E-state index < -0.39 is 0 Å². The maximum absolute atomic E-state index is 12.6. The van der Waals surface area contributed by atoms with Gasteiger partial charge < -0.3 is 9.72 Å². The number of hydrogen-bond acceptors (Lipinski definition) is 7. The first-order valence-corrected chi connectivity index (χ1v) is 12.6. The number of nitrogens with one attached hydrogen (secondary N) is 1. The third-order valence-electron chi connectivity index (χ3n) is 5.66. The van der Waals surface area contributed by atoms with Crippen LogP contribution in [0.25, 0.3) is 21.6 Å². The van der Waals surface area contributed by atoms with E-state index in [0.717, 1.165) is 51.3 Å². The van der Waals surface area contributed by atoms with Crippen LogP contribution in [0, 0.1) is 13.8 Å². The minimum absolute atomic E-state index is 0.0878. The summed E-state index contributed by atoms with van der Waals surface area (Å²) >= 11 is 9.13. The van der Waals surface area contributed by atoms with Gasteiger partial charge in [0.15, 0.2) is 11.0 Å². The lowest BCUT2D eigenvalue weighted by Crippen LogP contribution is -2.17. The first-order valence-electron chi connectivity index (χ1n) is 10.4. The van der Waals surface area contributed by atoms with Gasteiger partial charge in [0.1, 0.15) is 10.7 Å². The average Bonchev–Trinajstić information content (AvgIpc) is 3.49. The Labute approximate surface area is 198 Å². The van der Waals surface area contributed by atoms with Gasteiger partial charge in [-0.05, 0) is 56.5 Å². The van der Waals surface area contributed by atoms with Crippen LogP contribution in [0.5, 0.6) is 0 Å². The highest BCUT2D eigenvalue weighted by Crippen LogP contribution is 2.30. The molecule has 1 aromatic carbocycles. The summed E-state index contributed by atoms with van der Waals surface area (Å²) in [6, 6.07) is 7.59. The Kier molecular flexibility index (Phi) is 6.07. The van der Waals surface area contributed by atoms with Crippen molar-refractivity contribution in [2.75, 3.05) is 6.61 Å². The number of aromatic nitrogens is 5. The topological polar surface area (TPSA) is 85.7 Å². The molecule has 10 heteroatoms. The number of thioether (sulfide) groups is 1. The molecule has 3 aromatic heterocycles. The fraction of sp³-hybridized carbons (Fsp3) is 0.364. The predicted octanol–water partition coefficient (Wildman–Crippen LogP) is 4.98. The molecule has 0 saturated carbocycles. The molecule has 1 aliphatic heterocycles. The van der Waals surface area contributed by atoms with E-state index in [-0.39, 0.29) is 11.7 Å². The predicted molar refractivity (Wildman–Crippen MR) is 129 cm³/mol. The van der Waals surface area contributed by atoms with Crippen LogP contribution in [-0.4, -0.2) is 37.4 Å². The van der Waals surface area contributed by atoms with Crippen molar-refractivity contribution in [2.45, 2.75) is 50.2 Å². The minimum atomic E-state index is -0.0878. The third-order valence-corrected chi connectivity index (χ3v) is 7.99. The summed E-state index contributed by atoms with van der Waals surface area (Å²) < 4.78 is 7.96. The van der Waals surface area contributed by atoms with Crippen LogP contribution >= 0.6 is 34.7 Å². The Morgan fingerprint density at radius 1 is 1.28 bits per heavy atom. The number of ether oxygens (including phenoxy) is 1. The van der Waals surface area contributed by atoms with E-state index in [1.54, 1.807) is 11.3 Å². The van der Waals surface area contributed by atoms with Gasteiger partial charge in [-0.2, -0.15) is 0 Å². The monoisotopic (exact) mass is 487 g/mol. The minimum Gasteiger partial charge on any atom is -0.376 e. The Hall–Kier alpha value is -2.20. The number of aryl methyl sites for hydroxylation is 2. The number of hydrogen-bond donors (Lipinski definition) is 1. The molecule has 4 heterocycles. The van der Waals surface area contributed by atoms with Gasteiger partial charge in [0.25, 0.3) is 5.56 Å². The number of nitrogens with zero attached hydrogens (tertiary/aromatic N) is 4. The second-order valence-electron chi connectivity index (χ2n) is 7.82. The fourth-order valence-electron chi connectivity index (χ4n) is 3.87. The van der Waals surface area contributed by atoms with E-state index in [2.05, 4.69) is 24.7 Å². The Morgan fingerprint density at radius 3 is 2.84 bits per heavy atom. The number of rotatable bonds is 6. The first-order chi connectivity index (χ1) is 15.5. The maximum atomic E-state index is 12.6. The zero-order valence-corrected chi connectivity index (χ0v) is 20.1. The zero-order valence-electron chi connectivity index (χ0n) is 17.7. The quantitative estimate of drug-likeness (QED) is 0.386. The van der Waals surface area contributed by atoms with E-state index in [4.69, 9.17) is 16.3 Å². The lowest BCUT2D eigenvalue weighted by atomic mass is 10.2. The summed E-state index contributed by atoms with van der Waals surface area (Å²) in [6.07, 6.45) is 2.23. The molecule has 166 valence electrons. The zero-order chi connectivity index (χ0) is 22.2.